The Balaban J connectivity index is 3.03. The van der Waals surface area contributed by atoms with E-state index >= 15 is 0 Å². The van der Waals surface area contributed by atoms with Gasteiger partial charge in [-0.3, -0.25) is 0 Å². The summed E-state index contributed by atoms with van der Waals surface area (Å²) in [4.78, 5) is 0. The summed E-state index contributed by atoms with van der Waals surface area (Å²) in [7, 11) is 0. The molecule has 0 amide bonds. The maximum atomic E-state index is 9.50. The van der Waals surface area contributed by atoms with Crippen LogP contribution in [0.15, 0.2) is 0 Å². The summed E-state index contributed by atoms with van der Waals surface area (Å²) in [5.41, 5.74) is 0. The van der Waals surface area contributed by atoms with Gasteiger partial charge >= 0.3 is 0 Å². The summed E-state index contributed by atoms with van der Waals surface area (Å²) in [5.74, 6) is 0. The van der Waals surface area contributed by atoms with Gasteiger partial charge in [-0.1, -0.05) is 116 Å². The monoisotopic (exact) mass is 342 g/mol. The Labute approximate surface area is 152 Å². The molecule has 0 aromatic rings. The molecular weight excluding hydrogens is 296 g/mol. The molecular formula is C22H46O2. The van der Waals surface area contributed by atoms with Crippen LogP contribution in [0.1, 0.15) is 129 Å². The van der Waals surface area contributed by atoms with Crippen molar-refractivity contribution in [2.45, 2.75) is 142 Å². The normalized spacial score (nSPS) is 14.0. The lowest BCUT2D eigenvalue weighted by Gasteiger charge is -2.12. The van der Waals surface area contributed by atoms with E-state index in [2.05, 4.69) is 6.92 Å². The van der Waals surface area contributed by atoms with Crippen LogP contribution >= 0.6 is 0 Å². The molecule has 2 nitrogen and oxygen atoms in total. The summed E-state index contributed by atoms with van der Waals surface area (Å²) in [6, 6.07) is 0. The molecule has 2 N–H and O–H groups in total. The quantitative estimate of drug-likeness (QED) is 0.254. The van der Waals surface area contributed by atoms with Crippen molar-refractivity contribution >= 4 is 0 Å². The molecule has 0 spiro atoms. The van der Waals surface area contributed by atoms with Crippen molar-refractivity contribution < 1.29 is 10.2 Å². The molecule has 2 atom stereocenters. The van der Waals surface area contributed by atoms with E-state index in [1.807, 2.05) is 0 Å². The predicted molar refractivity (Wildman–Crippen MR) is 106 cm³/mol. The van der Waals surface area contributed by atoms with Gasteiger partial charge < -0.3 is 10.2 Å². The van der Waals surface area contributed by atoms with Crippen molar-refractivity contribution in [2.75, 3.05) is 0 Å². The average Bonchev–Trinajstić information content (AvgIpc) is 2.57. The van der Waals surface area contributed by atoms with Gasteiger partial charge in [0.1, 0.15) is 0 Å². The van der Waals surface area contributed by atoms with E-state index in [4.69, 9.17) is 0 Å². The molecule has 146 valence electrons. The Kier molecular flexibility index (Phi) is 19.2. The van der Waals surface area contributed by atoms with E-state index in [9.17, 15) is 10.2 Å². The Morgan fingerprint density at radius 2 is 0.792 bits per heavy atom. The van der Waals surface area contributed by atoms with Gasteiger partial charge in [0.05, 0.1) is 12.2 Å². The maximum absolute atomic E-state index is 9.50. The van der Waals surface area contributed by atoms with Gasteiger partial charge in [0, 0.05) is 0 Å². The van der Waals surface area contributed by atoms with E-state index < -0.39 is 12.2 Å². The molecule has 0 rings (SSSR count). The van der Waals surface area contributed by atoms with Crippen LogP contribution in [0.3, 0.4) is 0 Å². The van der Waals surface area contributed by atoms with Crippen LogP contribution < -0.4 is 0 Å². The number of hydrogen-bond acceptors (Lipinski definition) is 2. The molecule has 0 fully saturated rings. The van der Waals surface area contributed by atoms with Crippen molar-refractivity contribution in [3.8, 4) is 0 Å². The molecule has 0 saturated heterocycles. The fourth-order valence-corrected chi connectivity index (χ4v) is 3.32. The highest BCUT2D eigenvalue weighted by molar-refractivity contribution is 4.61. The first-order valence-electron chi connectivity index (χ1n) is 11.0. The van der Waals surface area contributed by atoms with Gasteiger partial charge in [0.15, 0.2) is 0 Å². The molecule has 2 heteroatoms. The van der Waals surface area contributed by atoms with Gasteiger partial charge in [-0.05, 0) is 13.3 Å². The number of aliphatic hydroxyl groups is 2. The number of unbranched alkanes of at least 4 members (excludes halogenated alkanes) is 16. The van der Waals surface area contributed by atoms with Gasteiger partial charge in [0.25, 0.3) is 0 Å². The Morgan fingerprint density at radius 3 is 1.08 bits per heavy atom. The Hall–Kier alpha value is -0.0800. The highest BCUT2D eigenvalue weighted by Crippen LogP contribution is 2.14. The Bertz CT molecular complexity index is 228. The van der Waals surface area contributed by atoms with Gasteiger partial charge in [-0.15, -0.1) is 0 Å². The van der Waals surface area contributed by atoms with Crippen LogP contribution in [0.4, 0.5) is 0 Å². The molecule has 0 aromatic carbocycles. The third-order valence-corrected chi connectivity index (χ3v) is 5.16. The second kappa shape index (κ2) is 19.2. The van der Waals surface area contributed by atoms with Crippen molar-refractivity contribution in [1.29, 1.82) is 0 Å². The van der Waals surface area contributed by atoms with Crippen LogP contribution in [0.2, 0.25) is 0 Å². The fourth-order valence-electron chi connectivity index (χ4n) is 3.32. The van der Waals surface area contributed by atoms with E-state index in [0.29, 0.717) is 0 Å². The molecule has 0 radical (unpaired) electrons. The highest BCUT2D eigenvalue weighted by atomic mass is 16.3. The second-order valence-corrected chi connectivity index (χ2v) is 7.75. The van der Waals surface area contributed by atoms with Gasteiger partial charge in [-0.2, -0.15) is 0 Å². The summed E-state index contributed by atoms with van der Waals surface area (Å²) < 4.78 is 0. The fraction of sp³-hybridized carbons (Fsp3) is 1.00. The minimum Gasteiger partial charge on any atom is -0.391 e. The minimum atomic E-state index is -0.578. The third kappa shape index (κ3) is 18.3. The summed E-state index contributed by atoms with van der Waals surface area (Å²) in [6.45, 7) is 3.95. The van der Waals surface area contributed by atoms with Crippen molar-refractivity contribution in [3.63, 3.8) is 0 Å². The summed E-state index contributed by atoms with van der Waals surface area (Å²) >= 11 is 0. The lowest BCUT2D eigenvalue weighted by Crippen LogP contribution is -2.21. The lowest BCUT2D eigenvalue weighted by molar-refractivity contribution is 0.0247. The average molecular weight is 343 g/mol. The molecule has 0 saturated carbocycles. The molecule has 0 bridgehead atoms. The topological polar surface area (TPSA) is 40.5 Å². The highest BCUT2D eigenvalue weighted by Gasteiger charge is 2.09. The largest absolute Gasteiger partial charge is 0.391 e. The van der Waals surface area contributed by atoms with Crippen LogP contribution in [0, 0.1) is 0 Å². The zero-order valence-corrected chi connectivity index (χ0v) is 16.8. The smallest absolute Gasteiger partial charge is 0.0796 e. The Morgan fingerprint density at radius 1 is 0.500 bits per heavy atom. The first-order valence-corrected chi connectivity index (χ1v) is 11.0. The molecule has 0 aliphatic carbocycles. The molecule has 24 heavy (non-hydrogen) atoms. The van der Waals surface area contributed by atoms with Crippen molar-refractivity contribution in [2.24, 2.45) is 0 Å². The van der Waals surface area contributed by atoms with Crippen molar-refractivity contribution in [3.05, 3.63) is 0 Å². The van der Waals surface area contributed by atoms with E-state index in [1.54, 1.807) is 6.92 Å². The van der Waals surface area contributed by atoms with E-state index in [-0.39, 0.29) is 0 Å². The minimum absolute atomic E-state index is 0.527. The van der Waals surface area contributed by atoms with Gasteiger partial charge in [-0.25, -0.2) is 0 Å². The summed E-state index contributed by atoms with van der Waals surface area (Å²) in [5, 5.41) is 18.7. The number of aliphatic hydroxyl groups excluding tert-OH is 2. The lowest BCUT2D eigenvalue weighted by atomic mass is 10.0. The van der Waals surface area contributed by atoms with Crippen molar-refractivity contribution in [1.82, 2.24) is 0 Å². The SMILES string of the molecule is CCCCCCCCCCCCCCCCCCC[C@H](O)[C@H](C)O. The molecule has 0 unspecified atom stereocenters. The van der Waals surface area contributed by atoms with Crippen LogP contribution in [-0.4, -0.2) is 22.4 Å². The predicted octanol–water partition coefficient (Wildman–Crippen LogP) is 6.77. The zero-order chi connectivity index (χ0) is 17.9. The first kappa shape index (κ1) is 23.9. The molecule has 0 aromatic heterocycles. The van der Waals surface area contributed by atoms with E-state index in [1.165, 1.54) is 103 Å². The molecule has 0 aliphatic rings. The molecule has 0 aliphatic heterocycles. The first-order chi connectivity index (χ1) is 11.7. The number of hydrogen-bond donors (Lipinski definition) is 2. The third-order valence-electron chi connectivity index (χ3n) is 5.16. The van der Waals surface area contributed by atoms with Crippen LogP contribution in [-0.2, 0) is 0 Å². The summed E-state index contributed by atoms with van der Waals surface area (Å²) in [6.07, 6.45) is 23.0. The zero-order valence-electron chi connectivity index (χ0n) is 16.8. The molecule has 0 heterocycles. The standard InChI is InChI=1S/C22H46O2/c1-3-4-5-6-7-8-9-10-11-12-13-14-15-16-17-18-19-20-22(24)21(2)23/h21-24H,3-20H2,1-2H3/t21-,22-/m0/s1. The van der Waals surface area contributed by atoms with Crippen LogP contribution in [0.5, 0.6) is 0 Å². The van der Waals surface area contributed by atoms with Gasteiger partial charge in [0.2, 0.25) is 0 Å². The maximum Gasteiger partial charge on any atom is 0.0796 e. The van der Waals surface area contributed by atoms with E-state index in [0.717, 1.165) is 12.8 Å². The number of rotatable bonds is 19. The van der Waals surface area contributed by atoms with Crippen LogP contribution in [0.25, 0.3) is 0 Å². The second-order valence-electron chi connectivity index (χ2n) is 7.75.